The number of rotatable bonds is 6. The first-order valence-electron chi connectivity index (χ1n) is 7.26. The summed E-state index contributed by atoms with van der Waals surface area (Å²) in [6.45, 7) is 0.482. The van der Waals surface area contributed by atoms with Crippen molar-refractivity contribution in [2.75, 3.05) is 18.9 Å². The molecule has 0 bridgehead atoms. The summed E-state index contributed by atoms with van der Waals surface area (Å²) >= 11 is 0. The van der Waals surface area contributed by atoms with E-state index < -0.39 is 10.0 Å². The molecule has 0 saturated heterocycles. The van der Waals surface area contributed by atoms with E-state index in [0.29, 0.717) is 23.9 Å². The van der Waals surface area contributed by atoms with Crippen LogP contribution in [-0.2, 0) is 10.0 Å². The third-order valence-corrected chi connectivity index (χ3v) is 5.53. The van der Waals surface area contributed by atoms with Crippen molar-refractivity contribution in [3.63, 3.8) is 0 Å². The molecule has 2 aromatic rings. The van der Waals surface area contributed by atoms with Gasteiger partial charge in [-0.15, -0.1) is 0 Å². The van der Waals surface area contributed by atoms with Crippen molar-refractivity contribution in [3.05, 3.63) is 24.4 Å². The van der Waals surface area contributed by atoms with E-state index >= 15 is 0 Å². The summed E-state index contributed by atoms with van der Waals surface area (Å²) in [5.74, 6) is 1.05. The van der Waals surface area contributed by atoms with Crippen molar-refractivity contribution in [3.8, 4) is 0 Å². The Morgan fingerprint density at radius 3 is 2.86 bits per heavy atom. The Morgan fingerprint density at radius 1 is 1.38 bits per heavy atom. The first-order valence-corrected chi connectivity index (χ1v) is 8.74. The van der Waals surface area contributed by atoms with Crippen molar-refractivity contribution >= 4 is 21.5 Å². The molecular formula is C14H20N4O2S. The summed E-state index contributed by atoms with van der Waals surface area (Å²) in [5, 5.41) is 3.04. The predicted octanol–water partition coefficient (Wildman–Crippen LogP) is 1.84. The minimum absolute atomic E-state index is 0.175. The summed E-state index contributed by atoms with van der Waals surface area (Å²) in [5.41, 5.74) is 0.612. The van der Waals surface area contributed by atoms with Gasteiger partial charge in [-0.25, -0.2) is 18.1 Å². The monoisotopic (exact) mass is 308 g/mol. The molecule has 0 aromatic carbocycles. The molecule has 1 saturated carbocycles. The molecule has 2 heterocycles. The maximum Gasteiger partial charge on any atom is 0.260 e. The fourth-order valence-electron chi connectivity index (χ4n) is 2.64. The van der Waals surface area contributed by atoms with Crippen molar-refractivity contribution in [2.24, 2.45) is 5.92 Å². The molecule has 0 radical (unpaired) electrons. The zero-order valence-corrected chi connectivity index (χ0v) is 12.9. The molecule has 114 valence electrons. The first kappa shape index (κ1) is 14.3. The van der Waals surface area contributed by atoms with Gasteiger partial charge in [0, 0.05) is 19.8 Å². The molecule has 2 aromatic heterocycles. The van der Waals surface area contributed by atoms with E-state index in [1.807, 2.05) is 6.07 Å². The summed E-state index contributed by atoms with van der Waals surface area (Å²) in [6, 6.07) is 5.41. The largest absolute Gasteiger partial charge is 0.371 e. The minimum Gasteiger partial charge on any atom is -0.371 e. The Morgan fingerprint density at radius 2 is 2.19 bits per heavy atom. The first-order chi connectivity index (χ1) is 10.1. The van der Waals surface area contributed by atoms with Gasteiger partial charge in [-0.3, -0.25) is 4.40 Å². The lowest BCUT2D eigenvalue weighted by atomic mass is 9.83. The van der Waals surface area contributed by atoms with E-state index in [9.17, 15) is 8.42 Å². The lowest BCUT2D eigenvalue weighted by Crippen LogP contribution is -2.29. The summed E-state index contributed by atoms with van der Waals surface area (Å²) < 4.78 is 29.4. The number of imidazole rings is 1. The van der Waals surface area contributed by atoms with Crippen LogP contribution in [0.4, 0.5) is 5.82 Å². The molecule has 0 spiro atoms. The Bertz CT molecular complexity index is 735. The van der Waals surface area contributed by atoms with E-state index in [2.05, 4.69) is 15.0 Å². The maximum absolute atomic E-state index is 12.6. The lowest BCUT2D eigenvalue weighted by molar-refractivity contribution is 0.297. The van der Waals surface area contributed by atoms with Crippen LogP contribution in [0.3, 0.4) is 0 Å². The number of nitrogens with zero attached hydrogens (tertiary/aromatic N) is 2. The number of pyridine rings is 1. The molecule has 2 N–H and O–H groups in total. The molecular weight excluding hydrogens is 288 g/mol. The standard InChI is InChI=1S/C14H20N4O2S/c1-15-13-14(18-10-3-2-7-12(18)17-13)21(19,20)16-9-8-11-5-4-6-11/h2-3,7,10-11,15-16H,4-6,8-9H2,1H3. The molecule has 21 heavy (non-hydrogen) atoms. The smallest absolute Gasteiger partial charge is 0.260 e. The third kappa shape index (κ3) is 2.75. The van der Waals surface area contributed by atoms with Crippen LogP contribution in [0.5, 0.6) is 0 Å². The van der Waals surface area contributed by atoms with Gasteiger partial charge in [-0.05, 0) is 24.5 Å². The van der Waals surface area contributed by atoms with Crippen LogP contribution in [0.1, 0.15) is 25.7 Å². The third-order valence-electron chi connectivity index (χ3n) is 4.05. The number of hydrogen-bond acceptors (Lipinski definition) is 4. The van der Waals surface area contributed by atoms with Crippen LogP contribution in [0, 0.1) is 5.92 Å². The fourth-order valence-corrected chi connectivity index (χ4v) is 3.98. The average molecular weight is 308 g/mol. The Balaban J connectivity index is 1.86. The van der Waals surface area contributed by atoms with E-state index in [-0.39, 0.29) is 5.03 Å². The molecule has 0 aliphatic heterocycles. The highest BCUT2D eigenvalue weighted by Gasteiger charge is 2.25. The highest BCUT2D eigenvalue weighted by molar-refractivity contribution is 7.89. The van der Waals surface area contributed by atoms with Gasteiger partial charge in [0.2, 0.25) is 0 Å². The van der Waals surface area contributed by atoms with Gasteiger partial charge in [0.05, 0.1) is 0 Å². The Kier molecular flexibility index (Phi) is 3.86. The highest BCUT2D eigenvalue weighted by Crippen LogP contribution is 2.29. The van der Waals surface area contributed by atoms with Gasteiger partial charge < -0.3 is 5.32 Å². The predicted molar refractivity (Wildman–Crippen MR) is 81.9 cm³/mol. The minimum atomic E-state index is -3.58. The van der Waals surface area contributed by atoms with Crippen LogP contribution in [0.15, 0.2) is 29.4 Å². The van der Waals surface area contributed by atoms with E-state index in [4.69, 9.17) is 0 Å². The summed E-state index contributed by atoms with van der Waals surface area (Å²) in [6.07, 6.45) is 6.33. The molecule has 0 amide bonds. The van der Waals surface area contributed by atoms with E-state index in [1.54, 1.807) is 29.8 Å². The van der Waals surface area contributed by atoms with Crippen molar-refractivity contribution in [1.82, 2.24) is 14.1 Å². The number of aromatic nitrogens is 2. The highest BCUT2D eigenvalue weighted by atomic mass is 32.2. The zero-order valence-electron chi connectivity index (χ0n) is 12.0. The summed E-state index contributed by atoms with van der Waals surface area (Å²) in [7, 11) is -1.90. The van der Waals surface area contributed by atoms with E-state index in [0.717, 1.165) is 6.42 Å². The molecule has 0 unspecified atom stereocenters. The number of nitrogens with one attached hydrogen (secondary N) is 2. The quantitative estimate of drug-likeness (QED) is 0.854. The molecule has 1 aliphatic rings. The van der Waals surface area contributed by atoms with Gasteiger partial charge in [0.15, 0.2) is 10.8 Å². The van der Waals surface area contributed by atoms with Gasteiger partial charge in [0.25, 0.3) is 10.0 Å². The van der Waals surface area contributed by atoms with Crippen LogP contribution in [0.25, 0.3) is 5.65 Å². The zero-order chi connectivity index (χ0) is 14.9. The number of sulfonamides is 1. The summed E-state index contributed by atoms with van der Waals surface area (Å²) in [4.78, 5) is 4.30. The molecule has 1 fully saturated rings. The van der Waals surface area contributed by atoms with Crippen molar-refractivity contribution in [2.45, 2.75) is 30.7 Å². The topological polar surface area (TPSA) is 75.5 Å². The van der Waals surface area contributed by atoms with Crippen molar-refractivity contribution < 1.29 is 8.42 Å². The van der Waals surface area contributed by atoms with Crippen LogP contribution in [0.2, 0.25) is 0 Å². The van der Waals surface area contributed by atoms with Gasteiger partial charge >= 0.3 is 0 Å². The molecule has 0 atom stereocenters. The lowest BCUT2D eigenvalue weighted by Gasteiger charge is -2.25. The number of fused-ring (bicyclic) bond motifs is 1. The van der Waals surface area contributed by atoms with Gasteiger partial charge in [-0.1, -0.05) is 25.3 Å². The average Bonchev–Trinajstić information content (AvgIpc) is 2.80. The second-order valence-corrected chi connectivity index (χ2v) is 7.11. The Hall–Kier alpha value is -1.60. The second-order valence-electron chi connectivity index (χ2n) is 5.43. The normalized spacial score (nSPS) is 16.0. The Labute approximate surface area is 124 Å². The number of anilines is 1. The van der Waals surface area contributed by atoms with E-state index in [1.165, 1.54) is 19.3 Å². The van der Waals surface area contributed by atoms with Crippen LogP contribution in [-0.4, -0.2) is 31.4 Å². The van der Waals surface area contributed by atoms with Crippen LogP contribution >= 0.6 is 0 Å². The molecule has 3 rings (SSSR count). The van der Waals surface area contributed by atoms with Gasteiger partial charge in [-0.2, -0.15) is 0 Å². The van der Waals surface area contributed by atoms with Gasteiger partial charge in [0.1, 0.15) is 5.65 Å². The van der Waals surface area contributed by atoms with Crippen LogP contribution < -0.4 is 10.0 Å². The molecule has 6 nitrogen and oxygen atoms in total. The fraction of sp³-hybridized carbons (Fsp3) is 0.500. The van der Waals surface area contributed by atoms with Crippen molar-refractivity contribution in [1.29, 1.82) is 0 Å². The SMILES string of the molecule is CNc1nc2ccccn2c1S(=O)(=O)NCCC1CCC1. The number of hydrogen-bond donors (Lipinski definition) is 2. The second kappa shape index (κ2) is 5.65. The molecule has 1 aliphatic carbocycles. The maximum atomic E-state index is 12.6. The molecule has 7 heteroatoms.